The van der Waals surface area contributed by atoms with Crippen LogP contribution >= 0.6 is 0 Å². The molecule has 2 aromatic heterocycles. The Morgan fingerprint density at radius 1 is 1.28 bits per heavy atom. The van der Waals surface area contributed by atoms with Gasteiger partial charge in [0, 0.05) is 13.1 Å². The van der Waals surface area contributed by atoms with E-state index in [0.29, 0.717) is 23.6 Å². The first kappa shape index (κ1) is 16.0. The Kier molecular flexibility index (Phi) is 4.36. The third kappa shape index (κ3) is 3.35. The minimum absolute atomic E-state index is 0.104. The lowest BCUT2D eigenvalue weighted by atomic mass is 10.0. The number of aromatic nitrogens is 4. The fourth-order valence-electron chi connectivity index (χ4n) is 3.75. The summed E-state index contributed by atoms with van der Waals surface area (Å²) in [6, 6.07) is 11.2. The van der Waals surface area contributed by atoms with Gasteiger partial charge in [0.05, 0.1) is 12.7 Å². The third-order valence-electron chi connectivity index (χ3n) is 5.11. The van der Waals surface area contributed by atoms with Crippen LogP contribution in [0.2, 0.25) is 0 Å². The number of H-pyrrole nitrogens is 1. The summed E-state index contributed by atoms with van der Waals surface area (Å²) in [4.78, 5) is 22.2. The first-order chi connectivity index (χ1) is 12.2. The zero-order chi connectivity index (χ0) is 17.2. The van der Waals surface area contributed by atoms with E-state index in [2.05, 4.69) is 50.3 Å². The minimum Gasteiger partial charge on any atom is -0.309 e. The highest BCUT2D eigenvalue weighted by molar-refractivity contribution is 5.72. The molecule has 6 nitrogen and oxygen atoms in total. The molecular weight excluding hydrogens is 314 g/mol. The largest absolute Gasteiger partial charge is 0.309 e. The number of nitrogens with zero attached hydrogens (tertiary/aromatic N) is 4. The van der Waals surface area contributed by atoms with Crippen molar-refractivity contribution in [1.82, 2.24) is 24.6 Å². The molecule has 1 saturated heterocycles. The van der Waals surface area contributed by atoms with Gasteiger partial charge in [-0.05, 0) is 37.8 Å². The molecule has 6 heteroatoms. The van der Waals surface area contributed by atoms with Crippen molar-refractivity contribution in [3.63, 3.8) is 0 Å². The van der Waals surface area contributed by atoms with E-state index in [1.165, 1.54) is 18.4 Å². The van der Waals surface area contributed by atoms with Gasteiger partial charge < -0.3 is 4.98 Å². The first-order valence-corrected chi connectivity index (χ1v) is 8.89. The van der Waals surface area contributed by atoms with Gasteiger partial charge in [0.15, 0.2) is 5.65 Å². The van der Waals surface area contributed by atoms with E-state index < -0.39 is 0 Å². The zero-order valence-corrected chi connectivity index (χ0v) is 14.5. The molecule has 0 radical (unpaired) electrons. The van der Waals surface area contributed by atoms with Crippen molar-refractivity contribution >= 4 is 11.0 Å². The summed E-state index contributed by atoms with van der Waals surface area (Å²) in [5.41, 5.74) is 1.93. The lowest BCUT2D eigenvalue weighted by molar-refractivity contribution is 0.229. The first-order valence-electron chi connectivity index (χ1n) is 8.89. The van der Waals surface area contributed by atoms with Gasteiger partial charge in [-0.15, -0.1) is 0 Å². The predicted molar refractivity (Wildman–Crippen MR) is 97.3 cm³/mol. The van der Waals surface area contributed by atoms with Gasteiger partial charge in [-0.3, -0.25) is 14.4 Å². The number of aryl methyl sites for hydroxylation is 2. The lowest BCUT2D eigenvalue weighted by Crippen LogP contribution is -2.31. The Labute approximate surface area is 146 Å². The monoisotopic (exact) mass is 337 g/mol. The second-order valence-electron chi connectivity index (χ2n) is 6.81. The highest BCUT2D eigenvalue weighted by Crippen LogP contribution is 2.23. The van der Waals surface area contributed by atoms with Crippen molar-refractivity contribution in [3.05, 3.63) is 58.3 Å². The maximum absolute atomic E-state index is 12.2. The van der Waals surface area contributed by atoms with Gasteiger partial charge in [0.25, 0.3) is 5.56 Å². The Balaban J connectivity index is 1.47. The summed E-state index contributed by atoms with van der Waals surface area (Å²) < 4.78 is 1.66. The van der Waals surface area contributed by atoms with Gasteiger partial charge in [0.1, 0.15) is 11.2 Å². The Bertz CT molecular complexity index is 914. The molecule has 0 unspecified atom stereocenters. The molecule has 0 amide bonds. The van der Waals surface area contributed by atoms with Crippen LogP contribution in [0.25, 0.3) is 11.0 Å². The smallest absolute Gasteiger partial charge is 0.262 e. The number of benzene rings is 1. The van der Waals surface area contributed by atoms with Crippen LogP contribution < -0.4 is 5.56 Å². The number of likely N-dealkylation sites (tertiary alicyclic amines) is 1. The maximum Gasteiger partial charge on any atom is 0.262 e. The topological polar surface area (TPSA) is 66.8 Å². The van der Waals surface area contributed by atoms with Crippen molar-refractivity contribution in [1.29, 1.82) is 0 Å². The van der Waals surface area contributed by atoms with Crippen LogP contribution in [-0.4, -0.2) is 37.2 Å². The molecule has 1 atom stereocenters. The molecular formula is C19H23N5O. The van der Waals surface area contributed by atoms with E-state index in [9.17, 15) is 4.79 Å². The van der Waals surface area contributed by atoms with Crippen LogP contribution in [-0.2, 0) is 20.0 Å². The quantitative estimate of drug-likeness (QED) is 0.775. The molecule has 1 fully saturated rings. The molecule has 0 saturated carbocycles. The minimum atomic E-state index is -0.104. The average molecular weight is 337 g/mol. The third-order valence-corrected chi connectivity index (χ3v) is 5.11. The summed E-state index contributed by atoms with van der Waals surface area (Å²) in [5, 5.41) is 4.68. The van der Waals surface area contributed by atoms with Crippen LogP contribution in [0.3, 0.4) is 0 Å². The molecule has 3 heterocycles. The van der Waals surface area contributed by atoms with Gasteiger partial charge >= 0.3 is 0 Å². The molecule has 1 aliphatic heterocycles. The zero-order valence-electron chi connectivity index (χ0n) is 14.5. The van der Waals surface area contributed by atoms with Gasteiger partial charge in [-0.1, -0.05) is 30.3 Å². The molecule has 4 rings (SSSR count). The van der Waals surface area contributed by atoms with Gasteiger partial charge in [0.2, 0.25) is 0 Å². The molecule has 0 spiro atoms. The second kappa shape index (κ2) is 6.80. The molecule has 25 heavy (non-hydrogen) atoms. The van der Waals surface area contributed by atoms with E-state index in [0.717, 1.165) is 25.2 Å². The average Bonchev–Trinajstić information content (AvgIpc) is 3.21. The standard InChI is InChI=1S/C19H23N5O/c1-23-18-16(12-20-23)19(25)22-17(21-18)13-24-11-5-8-15(24)10-9-14-6-3-2-4-7-14/h2-4,6-7,12,15H,5,8-11,13H2,1H3,(H,21,22,25)/t15-/m0/s1. The van der Waals surface area contributed by atoms with Gasteiger partial charge in [-0.2, -0.15) is 5.10 Å². The van der Waals surface area contributed by atoms with Crippen molar-refractivity contribution in [2.24, 2.45) is 7.05 Å². The molecule has 130 valence electrons. The van der Waals surface area contributed by atoms with E-state index in [1.807, 2.05) is 7.05 Å². The number of hydrogen-bond donors (Lipinski definition) is 1. The van der Waals surface area contributed by atoms with Crippen LogP contribution in [0.1, 0.15) is 30.7 Å². The maximum atomic E-state index is 12.2. The molecule has 1 aromatic carbocycles. The molecule has 3 aromatic rings. The van der Waals surface area contributed by atoms with Gasteiger partial charge in [-0.25, -0.2) is 4.98 Å². The fourth-order valence-corrected chi connectivity index (χ4v) is 3.75. The number of fused-ring (bicyclic) bond motifs is 1. The highest BCUT2D eigenvalue weighted by Gasteiger charge is 2.25. The highest BCUT2D eigenvalue weighted by atomic mass is 16.1. The number of nitrogens with one attached hydrogen (secondary N) is 1. The Morgan fingerprint density at radius 2 is 2.12 bits per heavy atom. The Hall–Kier alpha value is -2.47. The van der Waals surface area contributed by atoms with E-state index in [1.54, 1.807) is 10.9 Å². The number of rotatable bonds is 5. The fraction of sp³-hybridized carbons (Fsp3) is 0.421. The van der Waals surface area contributed by atoms with E-state index >= 15 is 0 Å². The summed E-state index contributed by atoms with van der Waals surface area (Å²) in [7, 11) is 1.82. The molecule has 0 bridgehead atoms. The molecule has 0 aliphatic carbocycles. The number of hydrogen-bond acceptors (Lipinski definition) is 4. The predicted octanol–water partition coefficient (Wildman–Crippen LogP) is 2.25. The molecule has 1 N–H and O–H groups in total. The Morgan fingerprint density at radius 3 is 2.96 bits per heavy atom. The van der Waals surface area contributed by atoms with Crippen LogP contribution in [0.15, 0.2) is 41.3 Å². The summed E-state index contributed by atoms with van der Waals surface area (Å²) >= 11 is 0. The van der Waals surface area contributed by atoms with Crippen molar-refractivity contribution in [3.8, 4) is 0 Å². The van der Waals surface area contributed by atoms with Crippen molar-refractivity contribution < 1.29 is 0 Å². The van der Waals surface area contributed by atoms with Crippen LogP contribution in [0.5, 0.6) is 0 Å². The van der Waals surface area contributed by atoms with Crippen LogP contribution in [0, 0.1) is 0 Å². The SMILES string of the molecule is Cn1ncc2c(=O)[nH]c(CN3CCC[C@H]3CCc3ccccc3)nc21. The summed E-state index contributed by atoms with van der Waals surface area (Å²) in [6.45, 7) is 1.75. The summed E-state index contributed by atoms with van der Waals surface area (Å²) in [5.74, 6) is 0.729. The number of aromatic amines is 1. The molecule has 1 aliphatic rings. The van der Waals surface area contributed by atoms with Crippen LogP contribution in [0.4, 0.5) is 0 Å². The van der Waals surface area contributed by atoms with Crippen molar-refractivity contribution in [2.75, 3.05) is 6.54 Å². The summed E-state index contributed by atoms with van der Waals surface area (Å²) in [6.07, 6.45) is 6.22. The normalized spacial score (nSPS) is 18.2. The lowest BCUT2D eigenvalue weighted by Gasteiger charge is -2.24. The van der Waals surface area contributed by atoms with E-state index in [4.69, 9.17) is 0 Å². The van der Waals surface area contributed by atoms with E-state index in [-0.39, 0.29) is 5.56 Å². The van der Waals surface area contributed by atoms with Crippen molar-refractivity contribution in [2.45, 2.75) is 38.3 Å². The second-order valence-corrected chi connectivity index (χ2v) is 6.81.